The van der Waals surface area contributed by atoms with Gasteiger partial charge in [0.05, 0.1) is 17.7 Å². The highest BCUT2D eigenvalue weighted by molar-refractivity contribution is 8.18. The molecule has 1 fully saturated rings. The zero-order valence-electron chi connectivity index (χ0n) is 17.0. The van der Waals surface area contributed by atoms with Crippen LogP contribution >= 0.6 is 35.0 Å². The number of carbonyl (C=O) groups excluding carboxylic acids is 1. The molecule has 3 aromatic carbocycles. The van der Waals surface area contributed by atoms with Crippen LogP contribution in [0.1, 0.15) is 11.1 Å². The van der Waals surface area contributed by atoms with E-state index in [1.165, 1.54) is 11.8 Å². The molecule has 0 aromatic heterocycles. The van der Waals surface area contributed by atoms with Gasteiger partial charge < -0.3 is 14.8 Å². The Morgan fingerprint density at radius 1 is 1.03 bits per heavy atom. The van der Waals surface area contributed by atoms with Gasteiger partial charge in [0, 0.05) is 15.6 Å². The fourth-order valence-electron chi connectivity index (χ4n) is 2.93. The number of amidine groups is 1. The number of halogens is 2. The van der Waals surface area contributed by atoms with Crippen LogP contribution in [0.4, 0.5) is 5.69 Å². The van der Waals surface area contributed by atoms with Crippen molar-refractivity contribution in [1.29, 1.82) is 0 Å². The molecule has 0 saturated carbocycles. The summed E-state index contributed by atoms with van der Waals surface area (Å²) in [6.07, 6.45) is 1.78. The molecular weight excluding hydrogens is 467 g/mol. The lowest BCUT2D eigenvalue weighted by atomic mass is 10.2. The average Bonchev–Trinajstić information content (AvgIpc) is 3.13. The van der Waals surface area contributed by atoms with Gasteiger partial charge in [-0.1, -0.05) is 47.5 Å². The molecule has 5 nitrogen and oxygen atoms in total. The quantitative estimate of drug-likeness (QED) is 0.407. The van der Waals surface area contributed by atoms with E-state index in [2.05, 4.69) is 10.3 Å². The van der Waals surface area contributed by atoms with E-state index < -0.39 is 0 Å². The van der Waals surface area contributed by atoms with Crippen molar-refractivity contribution in [3.63, 3.8) is 0 Å². The monoisotopic (exact) mass is 484 g/mol. The molecule has 0 radical (unpaired) electrons. The molecule has 0 aliphatic carbocycles. The second-order valence-electron chi connectivity index (χ2n) is 6.75. The van der Waals surface area contributed by atoms with E-state index >= 15 is 0 Å². The maximum absolute atomic E-state index is 12.4. The van der Waals surface area contributed by atoms with Crippen molar-refractivity contribution >= 4 is 57.8 Å². The van der Waals surface area contributed by atoms with Gasteiger partial charge in [-0.2, -0.15) is 0 Å². The standard InChI is InChI=1S/C24H18Cl2N2O3S/c1-30-21-12-15(6-11-20(21)31-14-16-4-2-3-5-19(16)26)13-22-23(29)28-24(32-22)27-18-9-7-17(25)8-10-18/h2-13H,14H2,1H3,(H,27,28,29). The molecule has 32 heavy (non-hydrogen) atoms. The molecule has 0 bridgehead atoms. The van der Waals surface area contributed by atoms with Gasteiger partial charge >= 0.3 is 0 Å². The van der Waals surface area contributed by atoms with Crippen LogP contribution in [0.2, 0.25) is 10.0 Å². The van der Waals surface area contributed by atoms with Crippen LogP contribution in [0.25, 0.3) is 6.08 Å². The molecule has 1 heterocycles. The lowest BCUT2D eigenvalue weighted by Crippen LogP contribution is -2.19. The Hall–Kier alpha value is -2.93. The normalized spacial score (nSPS) is 15.8. The van der Waals surface area contributed by atoms with Gasteiger partial charge in [-0.15, -0.1) is 0 Å². The summed E-state index contributed by atoms with van der Waals surface area (Å²) >= 11 is 13.4. The van der Waals surface area contributed by atoms with Crippen LogP contribution < -0.4 is 14.8 Å². The van der Waals surface area contributed by atoms with Gasteiger partial charge in [-0.05, 0) is 65.9 Å². The first-order valence-corrected chi connectivity index (χ1v) is 11.2. The molecule has 1 saturated heterocycles. The van der Waals surface area contributed by atoms with Crippen LogP contribution in [0.15, 0.2) is 76.6 Å². The number of hydrogen-bond donors (Lipinski definition) is 1. The van der Waals surface area contributed by atoms with E-state index in [1.54, 1.807) is 37.5 Å². The van der Waals surface area contributed by atoms with Crippen LogP contribution in [-0.4, -0.2) is 18.2 Å². The lowest BCUT2D eigenvalue weighted by molar-refractivity contribution is -0.115. The fraction of sp³-hybridized carbons (Fsp3) is 0.0833. The van der Waals surface area contributed by atoms with Crippen molar-refractivity contribution in [2.45, 2.75) is 6.61 Å². The van der Waals surface area contributed by atoms with E-state index in [-0.39, 0.29) is 5.91 Å². The maximum Gasteiger partial charge on any atom is 0.264 e. The van der Waals surface area contributed by atoms with Gasteiger partial charge in [0.1, 0.15) is 6.61 Å². The second kappa shape index (κ2) is 10.1. The number of amides is 1. The molecule has 0 atom stereocenters. The molecule has 1 amide bonds. The third-order valence-electron chi connectivity index (χ3n) is 4.53. The fourth-order valence-corrected chi connectivity index (χ4v) is 4.09. The third-order valence-corrected chi connectivity index (χ3v) is 6.07. The lowest BCUT2D eigenvalue weighted by Gasteiger charge is -2.12. The van der Waals surface area contributed by atoms with Crippen LogP contribution in [0.5, 0.6) is 11.5 Å². The number of thioether (sulfide) groups is 1. The summed E-state index contributed by atoms with van der Waals surface area (Å²) in [6, 6.07) is 20.1. The predicted molar refractivity (Wildman–Crippen MR) is 131 cm³/mol. The Kier molecular flexibility index (Phi) is 7.05. The van der Waals surface area contributed by atoms with Gasteiger partial charge in [0.15, 0.2) is 16.7 Å². The first-order chi connectivity index (χ1) is 15.5. The molecule has 3 aromatic rings. The number of carbonyl (C=O) groups is 1. The summed E-state index contributed by atoms with van der Waals surface area (Å²) in [7, 11) is 1.57. The number of nitrogens with one attached hydrogen (secondary N) is 1. The topological polar surface area (TPSA) is 59.9 Å². The van der Waals surface area contributed by atoms with Crippen LogP contribution in [0, 0.1) is 0 Å². The minimum atomic E-state index is -0.208. The van der Waals surface area contributed by atoms with E-state index in [4.69, 9.17) is 32.7 Å². The minimum Gasteiger partial charge on any atom is -0.493 e. The molecule has 0 spiro atoms. The highest BCUT2D eigenvalue weighted by Crippen LogP contribution is 2.33. The van der Waals surface area contributed by atoms with Crippen molar-refractivity contribution in [3.05, 3.63) is 92.8 Å². The molecule has 162 valence electrons. The van der Waals surface area contributed by atoms with E-state index in [9.17, 15) is 4.79 Å². The summed E-state index contributed by atoms with van der Waals surface area (Å²) in [4.78, 5) is 17.3. The first kappa shape index (κ1) is 22.3. The molecule has 4 rings (SSSR count). The largest absolute Gasteiger partial charge is 0.493 e. The molecular formula is C24H18Cl2N2O3S. The smallest absolute Gasteiger partial charge is 0.264 e. The molecule has 8 heteroatoms. The van der Waals surface area contributed by atoms with Crippen LogP contribution in [0.3, 0.4) is 0 Å². The van der Waals surface area contributed by atoms with Gasteiger partial charge in [-0.25, -0.2) is 4.99 Å². The van der Waals surface area contributed by atoms with Crippen molar-refractivity contribution in [2.24, 2.45) is 4.99 Å². The summed E-state index contributed by atoms with van der Waals surface area (Å²) in [5.41, 5.74) is 2.39. The Labute approximate surface area is 200 Å². The molecule has 1 N–H and O–H groups in total. The van der Waals surface area contributed by atoms with Gasteiger partial charge in [0.25, 0.3) is 5.91 Å². The molecule has 1 aliphatic rings. The maximum atomic E-state index is 12.4. The van der Waals surface area contributed by atoms with Crippen molar-refractivity contribution in [2.75, 3.05) is 7.11 Å². The number of benzene rings is 3. The average molecular weight is 485 g/mol. The Morgan fingerprint density at radius 3 is 2.56 bits per heavy atom. The third kappa shape index (κ3) is 5.46. The van der Waals surface area contributed by atoms with Gasteiger partial charge in [-0.3, -0.25) is 4.79 Å². The summed E-state index contributed by atoms with van der Waals surface area (Å²) < 4.78 is 11.4. The number of methoxy groups -OCH3 is 1. The highest BCUT2D eigenvalue weighted by atomic mass is 35.5. The highest BCUT2D eigenvalue weighted by Gasteiger charge is 2.24. The van der Waals surface area contributed by atoms with E-state index in [1.807, 2.05) is 42.5 Å². The number of hydrogen-bond acceptors (Lipinski definition) is 5. The van der Waals surface area contributed by atoms with Crippen molar-refractivity contribution < 1.29 is 14.3 Å². The number of rotatable bonds is 6. The van der Waals surface area contributed by atoms with Crippen LogP contribution in [-0.2, 0) is 11.4 Å². The SMILES string of the molecule is COc1cc(C=C2SC(=Nc3ccc(Cl)cc3)NC2=O)ccc1OCc1ccccc1Cl. The summed E-state index contributed by atoms with van der Waals surface area (Å²) in [6.45, 7) is 0.319. The zero-order valence-corrected chi connectivity index (χ0v) is 19.3. The Morgan fingerprint density at radius 2 is 1.81 bits per heavy atom. The zero-order chi connectivity index (χ0) is 22.5. The predicted octanol–water partition coefficient (Wildman–Crippen LogP) is 6.47. The van der Waals surface area contributed by atoms with Crippen molar-refractivity contribution in [3.8, 4) is 11.5 Å². The number of nitrogens with zero attached hydrogens (tertiary/aromatic N) is 1. The number of aliphatic imine (C=N–C) groups is 1. The van der Waals surface area contributed by atoms with Gasteiger partial charge in [0.2, 0.25) is 0 Å². The van der Waals surface area contributed by atoms with E-state index in [0.717, 1.165) is 11.1 Å². The molecule has 1 aliphatic heterocycles. The summed E-state index contributed by atoms with van der Waals surface area (Å²) in [5.74, 6) is 0.939. The number of ether oxygens (including phenoxy) is 2. The Balaban J connectivity index is 1.49. The first-order valence-electron chi connectivity index (χ1n) is 9.61. The van der Waals surface area contributed by atoms with E-state index in [0.29, 0.717) is 43.9 Å². The molecule has 0 unspecified atom stereocenters. The Bertz CT molecular complexity index is 1210. The second-order valence-corrected chi connectivity index (χ2v) is 8.62. The minimum absolute atomic E-state index is 0.208. The summed E-state index contributed by atoms with van der Waals surface area (Å²) in [5, 5.41) is 4.56. The van der Waals surface area contributed by atoms with Crippen molar-refractivity contribution in [1.82, 2.24) is 5.32 Å².